The van der Waals surface area contributed by atoms with E-state index in [9.17, 15) is 14.7 Å². The Bertz CT molecular complexity index is 322. The summed E-state index contributed by atoms with van der Waals surface area (Å²) in [5.41, 5.74) is 0. The average Bonchev–Trinajstić information content (AvgIpc) is 2.86. The van der Waals surface area contributed by atoms with Gasteiger partial charge in [-0.3, -0.25) is 9.59 Å². The van der Waals surface area contributed by atoms with Crippen molar-refractivity contribution in [2.75, 3.05) is 13.1 Å². The molecular formula is C10H16N2O5. The lowest BCUT2D eigenvalue weighted by atomic mass is 10.2. The van der Waals surface area contributed by atoms with Gasteiger partial charge in [-0.2, -0.15) is 0 Å². The number of hydrogen-bond donors (Lipinski definition) is 4. The first-order valence-electron chi connectivity index (χ1n) is 5.64. The van der Waals surface area contributed by atoms with Crippen molar-refractivity contribution in [3.63, 3.8) is 0 Å². The van der Waals surface area contributed by atoms with Crippen LogP contribution in [0.2, 0.25) is 0 Å². The summed E-state index contributed by atoms with van der Waals surface area (Å²) in [6.07, 6.45) is -0.276. The molecule has 0 aromatic carbocycles. The maximum atomic E-state index is 11.7. The molecule has 2 fully saturated rings. The summed E-state index contributed by atoms with van der Waals surface area (Å²) in [6.45, 7) is 0.748. The molecule has 2 aliphatic heterocycles. The molecule has 4 N–H and O–H groups in total. The maximum absolute atomic E-state index is 11.7. The zero-order valence-corrected chi connectivity index (χ0v) is 9.26. The lowest BCUT2D eigenvalue weighted by molar-refractivity contribution is -0.151. The van der Waals surface area contributed by atoms with Crippen LogP contribution in [0.25, 0.3) is 0 Å². The van der Waals surface area contributed by atoms with Gasteiger partial charge < -0.3 is 25.6 Å². The van der Waals surface area contributed by atoms with E-state index in [0.717, 1.165) is 0 Å². The summed E-state index contributed by atoms with van der Waals surface area (Å²) < 4.78 is 5.19. The Hall–Kier alpha value is -1.18. The predicted molar refractivity (Wildman–Crippen MR) is 56.3 cm³/mol. The molecule has 2 heterocycles. The number of carboxylic acid groups (broad SMARTS) is 1. The first kappa shape index (κ1) is 12.3. The van der Waals surface area contributed by atoms with Crippen molar-refractivity contribution < 1.29 is 24.5 Å². The number of carbonyl (C=O) groups excluding carboxylic acids is 1. The molecule has 2 saturated heterocycles. The molecule has 96 valence electrons. The van der Waals surface area contributed by atoms with Gasteiger partial charge in [-0.05, 0) is 0 Å². The third-order valence-electron chi connectivity index (χ3n) is 3.06. The summed E-state index contributed by atoms with van der Waals surface area (Å²) in [4.78, 5) is 22.3. The zero-order valence-electron chi connectivity index (χ0n) is 9.26. The Morgan fingerprint density at radius 1 is 1.12 bits per heavy atom. The summed E-state index contributed by atoms with van der Waals surface area (Å²) in [7, 11) is 0. The van der Waals surface area contributed by atoms with Crippen molar-refractivity contribution in [2.24, 2.45) is 0 Å². The van der Waals surface area contributed by atoms with E-state index in [1.807, 2.05) is 0 Å². The highest BCUT2D eigenvalue weighted by atomic mass is 16.5. The fraction of sp³-hybridized carbons (Fsp3) is 0.800. The number of rotatable bonds is 3. The van der Waals surface area contributed by atoms with Crippen LogP contribution < -0.4 is 10.6 Å². The monoisotopic (exact) mass is 244 g/mol. The lowest BCUT2D eigenvalue weighted by Gasteiger charge is -2.14. The highest BCUT2D eigenvalue weighted by Gasteiger charge is 2.35. The van der Waals surface area contributed by atoms with Gasteiger partial charge in [-0.25, -0.2) is 0 Å². The molecule has 17 heavy (non-hydrogen) atoms. The Morgan fingerprint density at radius 2 is 1.82 bits per heavy atom. The second kappa shape index (κ2) is 4.99. The fourth-order valence-electron chi connectivity index (χ4n) is 2.12. The number of carboxylic acids is 1. The van der Waals surface area contributed by atoms with Gasteiger partial charge in [0.05, 0.1) is 6.10 Å². The zero-order chi connectivity index (χ0) is 12.4. The first-order valence-corrected chi connectivity index (χ1v) is 5.64. The van der Waals surface area contributed by atoms with E-state index < -0.39 is 36.2 Å². The minimum absolute atomic E-state index is 0.288. The standard InChI is InChI=1S/C10H16N2O5/c13-5-1-8(11-3-5)10(16)17-6-2-7(9(14)15)12-4-6/h5-8,11-13H,1-4H2,(H,14,15)/t5-,6?,7+,8+/m1/s1. The summed E-state index contributed by atoms with van der Waals surface area (Å²) >= 11 is 0. The second-order valence-electron chi connectivity index (χ2n) is 4.44. The third kappa shape index (κ3) is 2.93. The highest BCUT2D eigenvalue weighted by molar-refractivity contribution is 5.77. The van der Waals surface area contributed by atoms with Gasteiger partial charge in [0.2, 0.25) is 0 Å². The quantitative estimate of drug-likeness (QED) is 0.428. The molecule has 4 atom stereocenters. The number of carbonyl (C=O) groups is 2. The van der Waals surface area contributed by atoms with Crippen LogP contribution in [-0.4, -0.2) is 59.5 Å². The fourth-order valence-corrected chi connectivity index (χ4v) is 2.12. The Labute approximate surface area is 98.1 Å². The maximum Gasteiger partial charge on any atom is 0.323 e. The van der Waals surface area contributed by atoms with Crippen molar-refractivity contribution in [3.05, 3.63) is 0 Å². The average molecular weight is 244 g/mol. The Morgan fingerprint density at radius 3 is 2.35 bits per heavy atom. The Balaban J connectivity index is 1.78. The normalized spacial score (nSPS) is 37.0. The molecule has 2 aliphatic rings. The highest BCUT2D eigenvalue weighted by Crippen LogP contribution is 2.14. The first-order chi connectivity index (χ1) is 8.06. The number of β-amino-alcohol motifs (C(OH)–C–C–N with tert-alkyl or cyclic N) is 1. The molecule has 0 bridgehead atoms. The number of aliphatic hydroxyl groups is 1. The smallest absolute Gasteiger partial charge is 0.323 e. The molecule has 0 amide bonds. The van der Waals surface area contributed by atoms with Crippen LogP contribution in [0.3, 0.4) is 0 Å². The number of hydrogen-bond acceptors (Lipinski definition) is 6. The van der Waals surface area contributed by atoms with Crippen LogP contribution in [0.5, 0.6) is 0 Å². The van der Waals surface area contributed by atoms with E-state index in [1.165, 1.54) is 0 Å². The van der Waals surface area contributed by atoms with Gasteiger partial charge in [0.15, 0.2) is 0 Å². The summed E-state index contributed by atoms with van der Waals surface area (Å²) in [5.74, 6) is -1.35. The number of ether oxygens (including phenoxy) is 1. The minimum atomic E-state index is -0.932. The van der Waals surface area contributed by atoms with Crippen LogP contribution in [-0.2, 0) is 14.3 Å². The second-order valence-corrected chi connectivity index (χ2v) is 4.44. The van der Waals surface area contributed by atoms with Crippen LogP contribution in [0.4, 0.5) is 0 Å². The van der Waals surface area contributed by atoms with Crippen LogP contribution in [0, 0.1) is 0 Å². The van der Waals surface area contributed by atoms with Gasteiger partial charge in [-0.15, -0.1) is 0 Å². The molecule has 7 heteroatoms. The Kier molecular flexibility index (Phi) is 3.60. The lowest BCUT2D eigenvalue weighted by Crippen LogP contribution is -2.35. The van der Waals surface area contributed by atoms with Crippen molar-refractivity contribution >= 4 is 11.9 Å². The van der Waals surface area contributed by atoms with E-state index in [1.54, 1.807) is 0 Å². The van der Waals surface area contributed by atoms with Crippen LogP contribution in [0.1, 0.15) is 12.8 Å². The molecule has 1 unspecified atom stereocenters. The van der Waals surface area contributed by atoms with Gasteiger partial charge in [0, 0.05) is 25.9 Å². The molecular weight excluding hydrogens is 228 g/mol. The van der Waals surface area contributed by atoms with E-state index in [4.69, 9.17) is 9.84 Å². The van der Waals surface area contributed by atoms with Crippen molar-refractivity contribution in [2.45, 2.75) is 37.1 Å². The van der Waals surface area contributed by atoms with Crippen LogP contribution >= 0.6 is 0 Å². The number of aliphatic hydroxyl groups excluding tert-OH is 1. The molecule has 0 radical (unpaired) electrons. The largest absolute Gasteiger partial charge is 0.480 e. The van der Waals surface area contributed by atoms with Crippen molar-refractivity contribution in [3.8, 4) is 0 Å². The van der Waals surface area contributed by atoms with E-state index in [0.29, 0.717) is 19.5 Å². The SMILES string of the molecule is O=C(O)[C@@H]1CC(OC(=O)[C@@H]2C[C@@H](O)CN2)CN1. The van der Waals surface area contributed by atoms with E-state index in [-0.39, 0.29) is 6.42 Å². The van der Waals surface area contributed by atoms with E-state index in [2.05, 4.69) is 10.6 Å². The molecule has 2 rings (SSSR count). The molecule has 0 spiro atoms. The van der Waals surface area contributed by atoms with Crippen molar-refractivity contribution in [1.82, 2.24) is 10.6 Å². The van der Waals surface area contributed by atoms with Crippen molar-refractivity contribution in [1.29, 1.82) is 0 Å². The number of esters is 1. The number of aliphatic carboxylic acids is 1. The molecule has 0 aliphatic carbocycles. The minimum Gasteiger partial charge on any atom is -0.480 e. The predicted octanol–water partition coefficient (Wildman–Crippen LogP) is -1.93. The molecule has 0 saturated carbocycles. The number of nitrogens with one attached hydrogen (secondary N) is 2. The third-order valence-corrected chi connectivity index (χ3v) is 3.06. The van der Waals surface area contributed by atoms with Gasteiger partial charge >= 0.3 is 11.9 Å². The molecule has 7 nitrogen and oxygen atoms in total. The van der Waals surface area contributed by atoms with Gasteiger partial charge in [-0.1, -0.05) is 0 Å². The summed E-state index contributed by atoms with van der Waals surface area (Å²) in [6, 6.07) is -1.12. The van der Waals surface area contributed by atoms with Gasteiger partial charge in [0.1, 0.15) is 18.2 Å². The van der Waals surface area contributed by atoms with Gasteiger partial charge in [0.25, 0.3) is 0 Å². The van der Waals surface area contributed by atoms with E-state index >= 15 is 0 Å². The summed E-state index contributed by atoms with van der Waals surface area (Å²) in [5, 5.41) is 23.6. The van der Waals surface area contributed by atoms with Crippen LogP contribution in [0.15, 0.2) is 0 Å². The molecule has 0 aromatic heterocycles. The molecule has 0 aromatic rings. The topological polar surface area (TPSA) is 108 Å².